The van der Waals surface area contributed by atoms with Gasteiger partial charge in [-0.1, -0.05) is 122 Å². The van der Waals surface area contributed by atoms with Crippen molar-refractivity contribution in [1.29, 1.82) is 0 Å². The van der Waals surface area contributed by atoms with Gasteiger partial charge in [-0.05, 0) is 31.4 Å². The summed E-state index contributed by atoms with van der Waals surface area (Å²) in [5.74, 6) is 0.683. The minimum absolute atomic E-state index is 0.496. The Morgan fingerprint density at radius 3 is 1.68 bits per heavy atom. The van der Waals surface area contributed by atoms with Gasteiger partial charge in [0, 0.05) is 0 Å². The molecule has 1 rings (SSSR count). The highest BCUT2D eigenvalue weighted by Gasteiger charge is 2.26. The van der Waals surface area contributed by atoms with Crippen molar-refractivity contribution in [3.63, 3.8) is 0 Å². The first kappa shape index (κ1) is 28.2. The Balaban J connectivity index is 2.08. The van der Waals surface area contributed by atoms with E-state index in [2.05, 4.69) is 13.8 Å². The van der Waals surface area contributed by atoms with Crippen molar-refractivity contribution in [2.75, 3.05) is 12.8 Å². The molecular weight excluding hydrogens is 403 g/mol. The van der Waals surface area contributed by atoms with E-state index >= 15 is 0 Å². The summed E-state index contributed by atoms with van der Waals surface area (Å²) in [6.45, 7) is 6.89. The third-order valence-electron chi connectivity index (χ3n) is 5.90. The van der Waals surface area contributed by atoms with Crippen LogP contribution in [-0.2, 0) is 9.09 Å². The maximum absolute atomic E-state index is 13.2. The summed E-state index contributed by atoms with van der Waals surface area (Å²) >= 11 is 0. The van der Waals surface area contributed by atoms with Crippen LogP contribution in [0, 0.1) is 6.92 Å². The Hall–Kier alpha value is -0.790. The van der Waals surface area contributed by atoms with E-state index in [1.807, 2.05) is 31.2 Å². The summed E-state index contributed by atoms with van der Waals surface area (Å²) in [4.78, 5) is 0. The normalized spacial score (nSPS) is 13.3. The summed E-state index contributed by atoms with van der Waals surface area (Å²) in [5, 5.41) is 0. The zero-order chi connectivity index (χ0) is 22.6. The molecule has 0 aliphatic heterocycles. The van der Waals surface area contributed by atoms with Gasteiger partial charge < -0.3 is 4.52 Å². The molecule has 0 saturated heterocycles. The largest absolute Gasteiger partial charge is 0.424 e. The molecule has 0 radical (unpaired) electrons. The Kier molecular flexibility index (Phi) is 17.1. The van der Waals surface area contributed by atoms with E-state index in [1.54, 1.807) is 0 Å². The molecule has 31 heavy (non-hydrogen) atoms. The van der Waals surface area contributed by atoms with Crippen LogP contribution in [0.3, 0.4) is 0 Å². The Morgan fingerprint density at radius 1 is 0.677 bits per heavy atom. The second kappa shape index (κ2) is 18.8. The minimum Gasteiger partial charge on any atom is -0.424 e. The Labute approximate surface area is 193 Å². The molecule has 0 N–H and O–H groups in total. The SMILES string of the molecule is CCCCCCCCCCCCCCCCOP(=O)(CCCC)Oc1ccccc1C. The fraction of sp³-hybridized carbons (Fsp3) is 0.778. The number of hydrogen-bond donors (Lipinski definition) is 0. The van der Waals surface area contributed by atoms with Gasteiger partial charge >= 0.3 is 7.60 Å². The summed E-state index contributed by atoms with van der Waals surface area (Å²) in [7, 11) is -3.07. The van der Waals surface area contributed by atoms with Gasteiger partial charge in [0.15, 0.2) is 0 Å². The number of aryl methyl sites for hydroxylation is 1. The summed E-state index contributed by atoms with van der Waals surface area (Å²) in [6.07, 6.45) is 21.0. The van der Waals surface area contributed by atoms with Crippen LogP contribution < -0.4 is 4.52 Å². The standard InChI is InChI=1S/C27H49O3P/c1-4-6-8-9-10-11-12-13-14-15-16-17-18-21-24-29-31(28,25-7-5-2)30-27-23-20-19-22-26(27)3/h19-20,22-23H,4-18,21,24-25H2,1-3H3. The van der Waals surface area contributed by atoms with Crippen LogP contribution in [0.1, 0.15) is 122 Å². The van der Waals surface area contributed by atoms with Crippen molar-refractivity contribution >= 4 is 7.60 Å². The first-order chi connectivity index (χ1) is 15.1. The van der Waals surface area contributed by atoms with Crippen LogP contribution in [0.15, 0.2) is 24.3 Å². The molecule has 1 unspecified atom stereocenters. The number of benzene rings is 1. The number of rotatable bonds is 21. The third kappa shape index (κ3) is 14.8. The molecule has 180 valence electrons. The lowest BCUT2D eigenvalue weighted by molar-refractivity contribution is 0.256. The van der Waals surface area contributed by atoms with Gasteiger partial charge in [-0.15, -0.1) is 0 Å². The van der Waals surface area contributed by atoms with Gasteiger partial charge in [-0.3, -0.25) is 4.52 Å². The highest BCUT2D eigenvalue weighted by Crippen LogP contribution is 2.49. The predicted molar refractivity (Wildman–Crippen MR) is 135 cm³/mol. The minimum atomic E-state index is -3.07. The van der Waals surface area contributed by atoms with E-state index in [0.29, 0.717) is 18.5 Å². The highest BCUT2D eigenvalue weighted by molar-refractivity contribution is 7.54. The van der Waals surface area contributed by atoms with Crippen LogP contribution in [0.5, 0.6) is 5.75 Å². The van der Waals surface area contributed by atoms with Crippen molar-refractivity contribution in [2.24, 2.45) is 0 Å². The topological polar surface area (TPSA) is 35.5 Å². The van der Waals surface area contributed by atoms with Gasteiger partial charge in [-0.2, -0.15) is 0 Å². The number of hydrogen-bond acceptors (Lipinski definition) is 3. The van der Waals surface area contributed by atoms with Crippen molar-refractivity contribution < 1.29 is 13.6 Å². The third-order valence-corrected chi connectivity index (χ3v) is 7.82. The van der Waals surface area contributed by atoms with Crippen LogP contribution in [-0.4, -0.2) is 12.8 Å². The second-order valence-corrected chi connectivity index (χ2v) is 11.1. The van der Waals surface area contributed by atoms with E-state index in [9.17, 15) is 4.57 Å². The van der Waals surface area contributed by atoms with Gasteiger partial charge in [0.05, 0.1) is 12.8 Å². The first-order valence-corrected chi connectivity index (χ1v) is 14.8. The zero-order valence-corrected chi connectivity index (χ0v) is 21.6. The Morgan fingerprint density at radius 2 is 1.16 bits per heavy atom. The van der Waals surface area contributed by atoms with E-state index in [4.69, 9.17) is 9.05 Å². The molecule has 0 aromatic heterocycles. The molecular formula is C27H49O3P. The summed E-state index contributed by atoms with van der Waals surface area (Å²) in [5.41, 5.74) is 0.999. The summed E-state index contributed by atoms with van der Waals surface area (Å²) in [6, 6.07) is 7.74. The maximum Gasteiger partial charge on any atom is 0.379 e. The van der Waals surface area contributed by atoms with E-state index < -0.39 is 7.60 Å². The van der Waals surface area contributed by atoms with Crippen LogP contribution in [0.25, 0.3) is 0 Å². The lowest BCUT2D eigenvalue weighted by Gasteiger charge is -2.20. The quantitative estimate of drug-likeness (QED) is 0.137. The molecule has 1 aromatic carbocycles. The highest BCUT2D eigenvalue weighted by atomic mass is 31.2. The monoisotopic (exact) mass is 452 g/mol. The van der Waals surface area contributed by atoms with E-state index in [-0.39, 0.29) is 0 Å². The van der Waals surface area contributed by atoms with Crippen molar-refractivity contribution in [3.8, 4) is 5.75 Å². The predicted octanol–water partition coefficient (Wildman–Crippen LogP) is 9.86. The smallest absolute Gasteiger partial charge is 0.379 e. The lowest BCUT2D eigenvalue weighted by Crippen LogP contribution is -2.05. The van der Waals surface area contributed by atoms with E-state index in [1.165, 1.54) is 77.0 Å². The van der Waals surface area contributed by atoms with Crippen LogP contribution >= 0.6 is 7.60 Å². The number of unbranched alkanes of at least 4 members (excludes halogenated alkanes) is 14. The molecule has 0 saturated carbocycles. The first-order valence-electron chi connectivity index (χ1n) is 13.1. The van der Waals surface area contributed by atoms with Crippen molar-refractivity contribution in [2.45, 2.75) is 124 Å². The summed E-state index contributed by atoms with van der Waals surface area (Å²) < 4.78 is 24.9. The molecule has 0 aliphatic rings. The molecule has 0 heterocycles. The van der Waals surface area contributed by atoms with Gasteiger partial charge in [0.2, 0.25) is 0 Å². The van der Waals surface area contributed by atoms with Crippen LogP contribution in [0.2, 0.25) is 0 Å². The second-order valence-electron chi connectivity index (χ2n) is 8.97. The maximum atomic E-state index is 13.2. The molecule has 3 nitrogen and oxygen atoms in total. The van der Waals surface area contributed by atoms with Gasteiger partial charge in [0.1, 0.15) is 5.75 Å². The van der Waals surface area contributed by atoms with Crippen molar-refractivity contribution in [3.05, 3.63) is 29.8 Å². The molecule has 1 aromatic rings. The molecule has 0 amide bonds. The van der Waals surface area contributed by atoms with Crippen LogP contribution in [0.4, 0.5) is 0 Å². The number of para-hydroxylation sites is 1. The average Bonchev–Trinajstić information content (AvgIpc) is 2.77. The fourth-order valence-corrected chi connectivity index (χ4v) is 5.69. The average molecular weight is 453 g/mol. The molecule has 0 fully saturated rings. The molecule has 0 spiro atoms. The Bertz CT molecular complexity index is 588. The van der Waals surface area contributed by atoms with Gasteiger partial charge in [0.25, 0.3) is 0 Å². The molecule has 1 atom stereocenters. The molecule has 4 heteroatoms. The molecule has 0 aliphatic carbocycles. The van der Waals surface area contributed by atoms with Crippen molar-refractivity contribution in [1.82, 2.24) is 0 Å². The zero-order valence-electron chi connectivity index (χ0n) is 20.7. The fourth-order valence-electron chi connectivity index (χ4n) is 3.80. The lowest BCUT2D eigenvalue weighted by atomic mass is 10.0. The molecule has 0 bridgehead atoms. The van der Waals surface area contributed by atoms with E-state index in [0.717, 1.165) is 31.2 Å². The van der Waals surface area contributed by atoms with Gasteiger partial charge in [-0.25, -0.2) is 4.57 Å².